The zero-order chi connectivity index (χ0) is 18.8. The van der Waals surface area contributed by atoms with E-state index in [4.69, 9.17) is 0 Å². The molecule has 0 aromatic heterocycles. The fourth-order valence-electron chi connectivity index (χ4n) is 3.46. The van der Waals surface area contributed by atoms with E-state index in [1.807, 2.05) is 43.3 Å². The number of amides is 2. The number of carbonyl (C=O) groups is 2. The molecule has 0 spiro atoms. The smallest absolute Gasteiger partial charge is 0.251 e. The Kier molecular flexibility index (Phi) is 4.47. The molecule has 2 N–H and O–H groups in total. The van der Waals surface area contributed by atoms with Gasteiger partial charge in [-0.25, -0.2) is 0 Å². The van der Waals surface area contributed by atoms with Crippen molar-refractivity contribution in [3.05, 3.63) is 89.0 Å². The van der Waals surface area contributed by atoms with Gasteiger partial charge in [0.2, 0.25) is 5.91 Å². The Morgan fingerprint density at radius 3 is 2.56 bits per heavy atom. The van der Waals surface area contributed by atoms with Crippen molar-refractivity contribution in [2.75, 3.05) is 11.9 Å². The third-order valence-electron chi connectivity index (χ3n) is 4.77. The van der Waals surface area contributed by atoms with Gasteiger partial charge < -0.3 is 10.6 Å². The number of fused-ring (bicyclic) bond motifs is 3. The molecular weight excluding hydrogens is 336 g/mol. The summed E-state index contributed by atoms with van der Waals surface area (Å²) in [6.45, 7) is 1.86. The maximum Gasteiger partial charge on any atom is 0.251 e. The molecule has 0 radical (unpaired) electrons. The van der Waals surface area contributed by atoms with Gasteiger partial charge in [0, 0.05) is 11.3 Å². The quantitative estimate of drug-likeness (QED) is 0.582. The van der Waals surface area contributed by atoms with Crippen LogP contribution in [0.2, 0.25) is 0 Å². The molecule has 0 heterocycles. The third-order valence-corrected chi connectivity index (χ3v) is 4.77. The summed E-state index contributed by atoms with van der Waals surface area (Å²) in [6, 6.07) is 21.6. The average molecular weight is 356 g/mol. The minimum atomic E-state index is -0.253. The summed E-state index contributed by atoms with van der Waals surface area (Å²) in [6.07, 6.45) is 0.923. The van der Waals surface area contributed by atoms with Crippen LogP contribution in [0, 0.1) is 6.92 Å². The Bertz CT molecular complexity index is 1040. The highest BCUT2D eigenvalue weighted by Gasteiger charge is 2.18. The number of benzene rings is 3. The molecule has 0 bridgehead atoms. The van der Waals surface area contributed by atoms with Crippen LogP contribution in [-0.2, 0) is 11.2 Å². The zero-order valence-electron chi connectivity index (χ0n) is 15.1. The molecule has 0 fully saturated rings. The minimum Gasteiger partial charge on any atom is -0.343 e. The first-order chi connectivity index (χ1) is 13.1. The molecule has 4 heteroatoms. The van der Waals surface area contributed by atoms with E-state index in [2.05, 4.69) is 28.8 Å². The van der Waals surface area contributed by atoms with Crippen molar-refractivity contribution in [3.63, 3.8) is 0 Å². The maximum absolute atomic E-state index is 12.2. The van der Waals surface area contributed by atoms with Gasteiger partial charge in [0.1, 0.15) is 0 Å². The Hall–Kier alpha value is -3.40. The van der Waals surface area contributed by atoms with Crippen LogP contribution >= 0.6 is 0 Å². The fraction of sp³-hybridized carbons (Fsp3) is 0.130. The molecule has 1 aliphatic carbocycles. The Morgan fingerprint density at radius 2 is 1.70 bits per heavy atom. The van der Waals surface area contributed by atoms with Gasteiger partial charge in [-0.05, 0) is 59.9 Å². The zero-order valence-corrected chi connectivity index (χ0v) is 15.1. The first-order valence-electron chi connectivity index (χ1n) is 8.96. The first kappa shape index (κ1) is 17.0. The van der Waals surface area contributed by atoms with Gasteiger partial charge in [-0.1, -0.05) is 48.0 Å². The van der Waals surface area contributed by atoms with E-state index in [1.54, 1.807) is 12.1 Å². The Labute approximate surface area is 158 Å². The van der Waals surface area contributed by atoms with Crippen molar-refractivity contribution in [2.45, 2.75) is 13.3 Å². The number of rotatable bonds is 4. The van der Waals surface area contributed by atoms with Crippen LogP contribution in [0.3, 0.4) is 0 Å². The number of anilines is 1. The summed E-state index contributed by atoms with van der Waals surface area (Å²) in [4.78, 5) is 24.4. The van der Waals surface area contributed by atoms with E-state index in [0.29, 0.717) is 5.56 Å². The number of nitrogens with one attached hydrogen (secondary N) is 2. The molecule has 2 amide bonds. The average Bonchev–Trinajstić information content (AvgIpc) is 3.04. The first-order valence-corrected chi connectivity index (χ1v) is 8.96. The van der Waals surface area contributed by atoms with Gasteiger partial charge in [0.25, 0.3) is 5.91 Å². The monoisotopic (exact) mass is 356 g/mol. The predicted octanol–water partition coefficient (Wildman–Crippen LogP) is 3.93. The lowest BCUT2D eigenvalue weighted by atomic mass is 10.1. The lowest BCUT2D eigenvalue weighted by molar-refractivity contribution is -0.115. The summed E-state index contributed by atoms with van der Waals surface area (Å²) in [7, 11) is 0. The second-order valence-corrected chi connectivity index (χ2v) is 6.81. The molecule has 4 rings (SSSR count). The molecule has 0 saturated carbocycles. The van der Waals surface area contributed by atoms with Crippen LogP contribution < -0.4 is 10.6 Å². The van der Waals surface area contributed by atoms with E-state index in [-0.39, 0.29) is 18.4 Å². The van der Waals surface area contributed by atoms with Crippen molar-refractivity contribution >= 4 is 17.5 Å². The molecule has 1 aliphatic rings. The second-order valence-electron chi connectivity index (χ2n) is 6.81. The number of aryl methyl sites for hydroxylation is 1. The van der Waals surface area contributed by atoms with Crippen molar-refractivity contribution in [2.24, 2.45) is 0 Å². The second kappa shape index (κ2) is 7.08. The standard InChI is InChI=1S/C23H20N2O2/c1-15-5-4-7-18(11-15)23(27)24-14-22(26)25-19-10-9-17-12-16-6-2-3-8-20(16)21(17)13-19/h2-11,13H,12,14H2,1H3,(H,24,27)(H,25,26). The molecule has 134 valence electrons. The van der Waals surface area contributed by atoms with Crippen LogP contribution in [0.1, 0.15) is 27.0 Å². The van der Waals surface area contributed by atoms with Crippen LogP contribution in [-0.4, -0.2) is 18.4 Å². The molecule has 0 unspecified atom stereocenters. The summed E-state index contributed by atoms with van der Waals surface area (Å²) in [5.41, 5.74) is 7.25. The summed E-state index contributed by atoms with van der Waals surface area (Å²) < 4.78 is 0. The van der Waals surface area contributed by atoms with E-state index in [9.17, 15) is 9.59 Å². The number of carbonyl (C=O) groups excluding carboxylic acids is 2. The highest BCUT2D eigenvalue weighted by Crippen LogP contribution is 2.37. The third kappa shape index (κ3) is 3.60. The Balaban J connectivity index is 1.40. The van der Waals surface area contributed by atoms with E-state index < -0.39 is 0 Å². The lowest BCUT2D eigenvalue weighted by Crippen LogP contribution is -2.32. The van der Waals surface area contributed by atoms with E-state index >= 15 is 0 Å². The number of hydrogen-bond donors (Lipinski definition) is 2. The van der Waals surface area contributed by atoms with Crippen molar-refractivity contribution in [3.8, 4) is 11.1 Å². The van der Waals surface area contributed by atoms with Crippen LogP contribution in [0.4, 0.5) is 5.69 Å². The normalized spacial score (nSPS) is 11.4. The highest BCUT2D eigenvalue weighted by molar-refractivity contribution is 5.99. The molecule has 0 saturated heterocycles. The SMILES string of the molecule is Cc1cccc(C(=O)NCC(=O)Nc2ccc3c(c2)-c2ccccc2C3)c1. The minimum absolute atomic E-state index is 0.0690. The topological polar surface area (TPSA) is 58.2 Å². The maximum atomic E-state index is 12.2. The summed E-state index contributed by atoms with van der Waals surface area (Å²) >= 11 is 0. The molecule has 0 aliphatic heterocycles. The largest absolute Gasteiger partial charge is 0.343 e. The van der Waals surface area contributed by atoms with Crippen LogP contribution in [0.15, 0.2) is 66.7 Å². The van der Waals surface area contributed by atoms with Crippen molar-refractivity contribution in [1.29, 1.82) is 0 Å². The van der Waals surface area contributed by atoms with E-state index in [1.165, 1.54) is 16.7 Å². The molecule has 3 aromatic carbocycles. The van der Waals surface area contributed by atoms with Crippen LogP contribution in [0.25, 0.3) is 11.1 Å². The lowest BCUT2D eigenvalue weighted by Gasteiger charge is -2.09. The molecule has 4 nitrogen and oxygen atoms in total. The van der Waals surface area contributed by atoms with Gasteiger partial charge in [-0.15, -0.1) is 0 Å². The molecule has 0 atom stereocenters. The van der Waals surface area contributed by atoms with Crippen molar-refractivity contribution in [1.82, 2.24) is 5.32 Å². The van der Waals surface area contributed by atoms with Gasteiger partial charge in [0.15, 0.2) is 0 Å². The van der Waals surface area contributed by atoms with Gasteiger partial charge in [-0.3, -0.25) is 9.59 Å². The summed E-state index contributed by atoms with van der Waals surface area (Å²) in [5, 5.41) is 5.53. The Morgan fingerprint density at radius 1 is 0.889 bits per heavy atom. The molecular formula is C23H20N2O2. The highest BCUT2D eigenvalue weighted by atomic mass is 16.2. The van der Waals surface area contributed by atoms with E-state index in [0.717, 1.165) is 23.2 Å². The fourth-order valence-corrected chi connectivity index (χ4v) is 3.46. The predicted molar refractivity (Wildman–Crippen MR) is 107 cm³/mol. The summed E-state index contributed by atoms with van der Waals surface area (Å²) in [5.74, 6) is -0.501. The van der Waals surface area contributed by atoms with Gasteiger partial charge >= 0.3 is 0 Å². The number of hydrogen-bond acceptors (Lipinski definition) is 2. The van der Waals surface area contributed by atoms with Crippen LogP contribution in [0.5, 0.6) is 0 Å². The van der Waals surface area contributed by atoms with Crippen molar-refractivity contribution < 1.29 is 9.59 Å². The molecule has 27 heavy (non-hydrogen) atoms. The molecule has 3 aromatic rings. The van der Waals surface area contributed by atoms with Gasteiger partial charge in [0.05, 0.1) is 6.54 Å². The van der Waals surface area contributed by atoms with Gasteiger partial charge in [-0.2, -0.15) is 0 Å².